The van der Waals surface area contributed by atoms with Crippen molar-refractivity contribution in [1.29, 1.82) is 0 Å². The van der Waals surface area contributed by atoms with Gasteiger partial charge in [0, 0.05) is 13.1 Å². The third kappa shape index (κ3) is 1.44. The highest BCUT2D eigenvalue weighted by Crippen LogP contribution is 2.27. The Morgan fingerprint density at radius 1 is 1.46 bits per heavy atom. The van der Waals surface area contributed by atoms with E-state index >= 15 is 0 Å². The van der Waals surface area contributed by atoms with Crippen molar-refractivity contribution in [3.63, 3.8) is 0 Å². The van der Waals surface area contributed by atoms with Crippen LogP contribution in [0, 0.1) is 0 Å². The zero-order chi connectivity index (χ0) is 10.0. The van der Waals surface area contributed by atoms with Crippen LogP contribution in [0.4, 0.5) is 0 Å². The molecule has 0 atom stereocenters. The van der Waals surface area contributed by atoms with Gasteiger partial charge >= 0.3 is 5.97 Å². The maximum atomic E-state index is 10.7. The summed E-state index contributed by atoms with van der Waals surface area (Å²) in [4.78, 5) is 10.7. The van der Waals surface area contributed by atoms with Crippen LogP contribution < -0.4 is 9.47 Å². The summed E-state index contributed by atoms with van der Waals surface area (Å²) >= 11 is 0. The molecule has 0 aliphatic carbocycles. The van der Waals surface area contributed by atoms with Crippen molar-refractivity contribution < 1.29 is 19.4 Å². The fourth-order valence-corrected chi connectivity index (χ4v) is 1.16. The van der Waals surface area contributed by atoms with Crippen LogP contribution in [0.15, 0.2) is 6.07 Å². The molecule has 0 amide bonds. The van der Waals surface area contributed by atoms with E-state index in [0.717, 1.165) is 0 Å². The molecule has 0 spiro atoms. The number of ether oxygens (including phenoxy) is 2. The highest BCUT2D eigenvalue weighted by molar-refractivity contribution is 5.91. The van der Waals surface area contributed by atoms with Crippen LogP contribution in [0.5, 0.6) is 11.8 Å². The number of carbonyl (C=O) groups is 1. The van der Waals surface area contributed by atoms with E-state index in [-0.39, 0.29) is 11.4 Å². The molecule has 0 aliphatic rings. The molecule has 0 fully saturated rings. The van der Waals surface area contributed by atoms with E-state index in [4.69, 9.17) is 14.6 Å². The minimum Gasteiger partial charge on any atom is -0.482 e. The maximum Gasteiger partial charge on any atom is 0.341 e. The van der Waals surface area contributed by atoms with Gasteiger partial charge in [0.05, 0.1) is 14.2 Å². The van der Waals surface area contributed by atoms with Crippen LogP contribution in [0.2, 0.25) is 0 Å². The molecular weight excluding hydrogens is 174 g/mol. The van der Waals surface area contributed by atoms with E-state index in [1.165, 1.54) is 24.9 Å². The van der Waals surface area contributed by atoms with E-state index in [9.17, 15) is 4.79 Å². The molecule has 1 aromatic rings. The lowest BCUT2D eigenvalue weighted by atomic mass is 10.3. The summed E-state index contributed by atoms with van der Waals surface area (Å²) in [7, 11) is 4.56. The first-order valence-corrected chi connectivity index (χ1v) is 3.62. The molecule has 1 heterocycles. The minimum absolute atomic E-state index is 0.0989. The van der Waals surface area contributed by atoms with Crippen molar-refractivity contribution in [2.45, 2.75) is 0 Å². The number of hydrogen-bond acceptors (Lipinski definition) is 3. The van der Waals surface area contributed by atoms with E-state index in [2.05, 4.69) is 0 Å². The third-order valence-electron chi connectivity index (χ3n) is 1.77. The average Bonchev–Trinajstić information content (AvgIpc) is 2.42. The van der Waals surface area contributed by atoms with Crippen LogP contribution in [0.1, 0.15) is 10.4 Å². The summed E-state index contributed by atoms with van der Waals surface area (Å²) in [5, 5.41) is 8.78. The van der Waals surface area contributed by atoms with Gasteiger partial charge in [-0.2, -0.15) is 0 Å². The predicted octanol–water partition coefficient (Wildman–Crippen LogP) is 0.740. The van der Waals surface area contributed by atoms with Crippen LogP contribution in [-0.2, 0) is 7.05 Å². The number of nitrogens with zero attached hydrogens (tertiary/aromatic N) is 1. The molecule has 1 N–H and O–H groups in total. The largest absolute Gasteiger partial charge is 0.482 e. The van der Waals surface area contributed by atoms with E-state index in [0.29, 0.717) is 5.88 Å². The lowest BCUT2D eigenvalue weighted by Crippen LogP contribution is -2.01. The zero-order valence-electron chi connectivity index (χ0n) is 7.70. The quantitative estimate of drug-likeness (QED) is 0.754. The summed E-state index contributed by atoms with van der Waals surface area (Å²) in [5.41, 5.74) is 0.0989. The Morgan fingerprint density at radius 2 is 2.08 bits per heavy atom. The Bertz CT molecular complexity index is 329. The van der Waals surface area contributed by atoms with Crippen molar-refractivity contribution in [3.8, 4) is 11.8 Å². The number of hydrogen-bond donors (Lipinski definition) is 1. The van der Waals surface area contributed by atoms with E-state index in [1.54, 1.807) is 7.05 Å². The van der Waals surface area contributed by atoms with Gasteiger partial charge in [-0.3, -0.25) is 4.57 Å². The molecule has 0 saturated carbocycles. The van der Waals surface area contributed by atoms with Gasteiger partial charge < -0.3 is 14.6 Å². The Balaban J connectivity index is 3.27. The molecule has 0 bridgehead atoms. The number of aromatic nitrogens is 1. The second kappa shape index (κ2) is 3.38. The minimum atomic E-state index is -1.03. The van der Waals surface area contributed by atoms with Gasteiger partial charge in [-0.25, -0.2) is 4.79 Å². The molecule has 0 aliphatic heterocycles. The lowest BCUT2D eigenvalue weighted by molar-refractivity contribution is 0.0693. The van der Waals surface area contributed by atoms with Gasteiger partial charge in [-0.05, 0) is 0 Å². The fraction of sp³-hybridized carbons (Fsp3) is 0.375. The van der Waals surface area contributed by atoms with Crippen molar-refractivity contribution in [2.24, 2.45) is 7.05 Å². The van der Waals surface area contributed by atoms with Crippen LogP contribution >= 0.6 is 0 Å². The topological polar surface area (TPSA) is 60.7 Å². The molecule has 72 valence electrons. The Kier molecular flexibility index (Phi) is 2.46. The van der Waals surface area contributed by atoms with Gasteiger partial charge in [0.2, 0.25) is 5.88 Å². The molecule has 13 heavy (non-hydrogen) atoms. The molecule has 0 unspecified atom stereocenters. The summed E-state index contributed by atoms with van der Waals surface area (Å²) in [5.74, 6) is -0.297. The fourth-order valence-electron chi connectivity index (χ4n) is 1.16. The van der Waals surface area contributed by atoms with Gasteiger partial charge in [-0.1, -0.05) is 0 Å². The third-order valence-corrected chi connectivity index (χ3v) is 1.77. The van der Waals surface area contributed by atoms with Gasteiger partial charge in [0.25, 0.3) is 0 Å². The number of carboxylic acids is 1. The summed E-state index contributed by atoms with van der Waals surface area (Å²) < 4.78 is 11.4. The maximum absolute atomic E-state index is 10.7. The molecule has 1 aromatic heterocycles. The predicted molar refractivity (Wildman–Crippen MR) is 45.5 cm³/mol. The molecule has 5 heteroatoms. The Labute approximate surface area is 75.5 Å². The molecule has 1 rings (SSSR count). The molecular formula is C8H11NO4. The first-order valence-electron chi connectivity index (χ1n) is 3.62. The number of carboxylic acid groups (broad SMARTS) is 1. The van der Waals surface area contributed by atoms with Crippen LogP contribution in [-0.4, -0.2) is 29.9 Å². The van der Waals surface area contributed by atoms with Crippen molar-refractivity contribution in [3.05, 3.63) is 11.6 Å². The van der Waals surface area contributed by atoms with E-state index in [1.807, 2.05) is 0 Å². The monoisotopic (exact) mass is 185 g/mol. The molecule has 0 saturated heterocycles. The van der Waals surface area contributed by atoms with Gasteiger partial charge in [-0.15, -0.1) is 0 Å². The van der Waals surface area contributed by atoms with Crippen molar-refractivity contribution >= 4 is 5.97 Å². The van der Waals surface area contributed by atoms with Crippen LogP contribution in [0.25, 0.3) is 0 Å². The first kappa shape index (κ1) is 9.44. The highest BCUT2D eigenvalue weighted by atomic mass is 16.5. The number of methoxy groups -OCH3 is 2. The smallest absolute Gasteiger partial charge is 0.341 e. The molecule has 0 radical (unpaired) electrons. The van der Waals surface area contributed by atoms with Crippen molar-refractivity contribution in [1.82, 2.24) is 4.57 Å². The second-order valence-electron chi connectivity index (χ2n) is 2.47. The Morgan fingerprint density at radius 3 is 2.38 bits per heavy atom. The summed E-state index contributed by atoms with van der Waals surface area (Å²) in [6, 6.07) is 1.42. The summed E-state index contributed by atoms with van der Waals surface area (Å²) in [6.07, 6.45) is 0. The molecule has 0 aromatic carbocycles. The van der Waals surface area contributed by atoms with Gasteiger partial charge in [0.1, 0.15) is 5.56 Å². The molecule has 5 nitrogen and oxygen atoms in total. The first-order chi connectivity index (χ1) is 6.11. The van der Waals surface area contributed by atoms with Crippen molar-refractivity contribution in [2.75, 3.05) is 14.2 Å². The SMILES string of the molecule is COc1cc(C(=O)O)c(OC)n1C. The zero-order valence-corrected chi connectivity index (χ0v) is 7.70. The number of rotatable bonds is 3. The van der Waals surface area contributed by atoms with Crippen LogP contribution in [0.3, 0.4) is 0 Å². The number of aromatic carboxylic acids is 1. The summed E-state index contributed by atoms with van der Waals surface area (Å²) in [6.45, 7) is 0. The Hall–Kier alpha value is -1.65. The average molecular weight is 185 g/mol. The lowest BCUT2D eigenvalue weighted by Gasteiger charge is -2.04. The normalized spacial score (nSPS) is 9.77. The second-order valence-corrected chi connectivity index (χ2v) is 2.47. The standard InChI is InChI=1S/C8H11NO4/c1-9-6(12-2)4-5(8(10)11)7(9)13-3/h4H,1-3H3,(H,10,11). The van der Waals surface area contributed by atoms with E-state index < -0.39 is 5.97 Å². The van der Waals surface area contributed by atoms with Gasteiger partial charge in [0.15, 0.2) is 5.88 Å². The highest BCUT2D eigenvalue weighted by Gasteiger charge is 2.18.